The van der Waals surface area contributed by atoms with Crippen LogP contribution in [-0.4, -0.2) is 37.6 Å². The molecule has 1 saturated heterocycles. The molecule has 2 aromatic heterocycles. The Kier molecular flexibility index (Phi) is 3.73. The fraction of sp³-hybridized carbons (Fsp3) is 0.632. The summed E-state index contributed by atoms with van der Waals surface area (Å²) >= 11 is 0. The normalized spacial score (nSPS) is 20.3. The van der Waals surface area contributed by atoms with E-state index in [1.807, 2.05) is 6.07 Å². The first-order valence-electron chi connectivity index (χ1n) is 9.62. The van der Waals surface area contributed by atoms with Crippen LogP contribution in [0, 0.1) is 5.92 Å². The highest BCUT2D eigenvalue weighted by Gasteiger charge is 2.29. The van der Waals surface area contributed by atoms with E-state index in [2.05, 4.69) is 26.0 Å². The van der Waals surface area contributed by atoms with E-state index in [0.717, 1.165) is 57.7 Å². The average Bonchev–Trinajstić information content (AvgIpc) is 3.19. The zero-order valence-corrected chi connectivity index (χ0v) is 14.7. The maximum atomic E-state index is 12.2. The molecule has 0 amide bonds. The van der Waals surface area contributed by atoms with E-state index >= 15 is 0 Å². The number of hydrogen-bond acceptors (Lipinski definition) is 4. The molecule has 1 aliphatic carbocycles. The molecule has 0 atom stereocenters. The lowest BCUT2D eigenvalue weighted by atomic mass is 9.98. The summed E-state index contributed by atoms with van der Waals surface area (Å²) in [5.74, 6) is 0.538. The van der Waals surface area contributed by atoms with Gasteiger partial charge in [-0.3, -0.25) is 14.4 Å². The zero-order chi connectivity index (χ0) is 16.8. The molecule has 0 radical (unpaired) electrons. The summed E-state index contributed by atoms with van der Waals surface area (Å²) in [6, 6.07) is 1.81. The lowest BCUT2D eigenvalue weighted by molar-refractivity contribution is 0.0761. The van der Waals surface area contributed by atoms with E-state index in [9.17, 15) is 4.79 Å². The number of rotatable bonds is 4. The number of aromatic nitrogens is 4. The highest BCUT2D eigenvalue weighted by molar-refractivity contribution is 5.22. The second-order valence-electron chi connectivity index (χ2n) is 7.85. The zero-order valence-electron chi connectivity index (χ0n) is 14.7. The maximum absolute atomic E-state index is 12.2. The first-order valence-corrected chi connectivity index (χ1v) is 9.62. The van der Waals surface area contributed by atoms with Gasteiger partial charge < -0.3 is 0 Å². The van der Waals surface area contributed by atoms with Crippen molar-refractivity contribution in [3.8, 4) is 0 Å². The largest absolute Gasteiger partial charge is 0.298 e. The molecule has 132 valence electrons. The van der Waals surface area contributed by atoms with Gasteiger partial charge in [-0.2, -0.15) is 10.2 Å². The van der Waals surface area contributed by atoms with E-state index in [0.29, 0.717) is 5.92 Å². The summed E-state index contributed by atoms with van der Waals surface area (Å²) in [5.41, 5.74) is 5.21. The van der Waals surface area contributed by atoms with Crippen LogP contribution >= 0.6 is 0 Å². The molecule has 3 aliphatic rings. The first kappa shape index (κ1) is 15.3. The van der Waals surface area contributed by atoms with Gasteiger partial charge in [-0.1, -0.05) is 0 Å². The van der Waals surface area contributed by atoms with Crippen LogP contribution in [0.5, 0.6) is 0 Å². The minimum atomic E-state index is 0.0739. The number of fused-ring (bicyclic) bond motifs is 2. The molecule has 0 unspecified atom stereocenters. The minimum Gasteiger partial charge on any atom is -0.298 e. The molecule has 25 heavy (non-hydrogen) atoms. The van der Waals surface area contributed by atoms with Gasteiger partial charge in [-0.15, -0.1) is 0 Å². The molecular weight excluding hydrogens is 314 g/mol. The topological polar surface area (TPSA) is 56.0 Å². The third-order valence-corrected chi connectivity index (χ3v) is 5.95. The van der Waals surface area contributed by atoms with Crippen LogP contribution in [0.15, 0.2) is 17.1 Å². The van der Waals surface area contributed by atoms with E-state index in [-0.39, 0.29) is 5.56 Å². The molecular formula is C19H25N5O. The molecule has 2 aromatic rings. The molecule has 0 aromatic carbocycles. The molecule has 0 N–H and O–H groups in total. The summed E-state index contributed by atoms with van der Waals surface area (Å²) in [5, 5.41) is 9.14. The first-order chi connectivity index (χ1) is 12.3. The van der Waals surface area contributed by atoms with Gasteiger partial charge in [0, 0.05) is 49.4 Å². The van der Waals surface area contributed by atoms with Crippen molar-refractivity contribution in [3.05, 3.63) is 45.1 Å². The second-order valence-corrected chi connectivity index (χ2v) is 7.85. The van der Waals surface area contributed by atoms with Gasteiger partial charge in [-0.05, 0) is 44.1 Å². The standard InChI is InChI=1S/C19H25N5O/c25-19-8-15-4-3-5-17(15)21-24(19)12-14-10-22(11-14)13-16-9-20-23-7-2-1-6-18(16)23/h8-9,14H,1-7,10-13H2. The van der Waals surface area contributed by atoms with Crippen molar-refractivity contribution >= 4 is 0 Å². The summed E-state index contributed by atoms with van der Waals surface area (Å²) in [7, 11) is 0. The van der Waals surface area contributed by atoms with Crippen LogP contribution in [0.25, 0.3) is 0 Å². The summed E-state index contributed by atoms with van der Waals surface area (Å²) < 4.78 is 3.89. The van der Waals surface area contributed by atoms with Crippen molar-refractivity contribution in [1.29, 1.82) is 0 Å². The Labute approximate surface area is 147 Å². The van der Waals surface area contributed by atoms with E-state index in [1.54, 1.807) is 4.68 Å². The Balaban J connectivity index is 1.20. The van der Waals surface area contributed by atoms with Crippen molar-refractivity contribution in [2.24, 2.45) is 5.92 Å². The molecule has 2 aliphatic heterocycles. The molecule has 5 rings (SSSR count). The highest BCUT2D eigenvalue weighted by atomic mass is 16.1. The molecule has 0 spiro atoms. The number of likely N-dealkylation sites (tertiary alicyclic amines) is 1. The van der Waals surface area contributed by atoms with Gasteiger partial charge in [0.15, 0.2) is 0 Å². The van der Waals surface area contributed by atoms with Gasteiger partial charge in [0.25, 0.3) is 5.56 Å². The third kappa shape index (κ3) is 2.82. The summed E-state index contributed by atoms with van der Waals surface area (Å²) in [4.78, 5) is 14.7. The molecule has 0 bridgehead atoms. The Bertz CT molecular complexity index is 846. The van der Waals surface area contributed by atoms with E-state index in [1.165, 1.54) is 36.1 Å². The summed E-state index contributed by atoms with van der Waals surface area (Å²) in [6.07, 6.45) is 8.95. The number of nitrogens with zero attached hydrogens (tertiary/aromatic N) is 5. The lowest BCUT2D eigenvalue weighted by Crippen LogP contribution is -2.49. The van der Waals surface area contributed by atoms with Gasteiger partial charge in [0.05, 0.1) is 18.4 Å². The minimum absolute atomic E-state index is 0.0739. The smallest absolute Gasteiger partial charge is 0.267 e. The predicted octanol–water partition coefficient (Wildman–Crippen LogP) is 1.40. The van der Waals surface area contributed by atoms with Gasteiger partial charge in [0.1, 0.15) is 0 Å². The fourth-order valence-electron chi connectivity index (χ4n) is 4.59. The second kappa shape index (κ2) is 6.09. The average molecular weight is 339 g/mol. The van der Waals surface area contributed by atoms with Crippen molar-refractivity contribution < 1.29 is 0 Å². The van der Waals surface area contributed by atoms with Gasteiger partial charge in [-0.25, -0.2) is 4.68 Å². The quantitative estimate of drug-likeness (QED) is 0.845. The van der Waals surface area contributed by atoms with Crippen LogP contribution in [0.3, 0.4) is 0 Å². The summed E-state index contributed by atoms with van der Waals surface area (Å²) in [6.45, 7) is 4.93. The van der Waals surface area contributed by atoms with Crippen LogP contribution in [0.4, 0.5) is 0 Å². The van der Waals surface area contributed by atoms with Crippen LogP contribution in [0.1, 0.15) is 41.8 Å². The lowest BCUT2D eigenvalue weighted by Gasteiger charge is -2.39. The number of aryl methyl sites for hydroxylation is 3. The molecule has 4 heterocycles. The van der Waals surface area contributed by atoms with Crippen molar-refractivity contribution in [3.63, 3.8) is 0 Å². The van der Waals surface area contributed by atoms with E-state index < -0.39 is 0 Å². The van der Waals surface area contributed by atoms with Gasteiger partial charge in [0.2, 0.25) is 0 Å². The maximum Gasteiger partial charge on any atom is 0.267 e. The van der Waals surface area contributed by atoms with Crippen LogP contribution < -0.4 is 5.56 Å². The SMILES string of the molecule is O=c1cc2c(nn1CC1CN(Cc3cnn4c3CCCC4)C1)CCC2. The predicted molar refractivity (Wildman–Crippen MR) is 94.5 cm³/mol. The Morgan fingerprint density at radius 1 is 1.12 bits per heavy atom. The molecule has 6 heteroatoms. The van der Waals surface area contributed by atoms with Crippen molar-refractivity contribution in [2.45, 2.75) is 58.2 Å². The van der Waals surface area contributed by atoms with Crippen molar-refractivity contribution in [1.82, 2.24) is 24.5 Å². The third-order valence-electron chi connectivity index (χ3n) is 5.95. The Morgan fingerprint density at radius 3 is 2.96 bits per heavy atom. The number of hydrogen-bond donors (Lipinski definition) is 0. The monoisotopic (exact) mass is 339 g/mol. The van der Waals surface area contributed by atoms with E-state index in [4.69, 9.17) is 0 Å². The Morgan fingerprint density at radius 2 is 2.04 bits per heavy atom. The highest BCUT2D eigenvalue weighted by Crippen LogP contribution is 2.24. The van der Waals surface area contributed by atoms with Crippen LogP contribution in [0.2, 0.25) is 0 Å². The molecule has 1 fully saturated rings. The van der Waals surface area contributed by atoms with Gasteiger partial charge >= 0.3 is 0 Å². The van der Waals surface area contributed by atoms with Crippen LogP contribution in [-0.2, 0) is 38.9 Å². The molecule has 0 saturated carbocycles. The molecule has 6 nitrogen and oxygen atoms in total. The van der Waals surface area contributed by atoms with Crippen molar-refractivity contribution in [2.75, 3.05) is 13.1 Å². The fourth-order valence-corrected chi connectivity index (χ4v) is 4.59. The Hall–Kier alpha value is -1.95.